The van der Waals surface area contributed by atoms with Crippen LogP contribution in [0, 0.1) is 22.7 Å². The number of rotatable bonds is 2. The largest absolute Gasteiger partial charge is 0.388 e. The van der Waals surface area contributed by atoms with Crippen LogP contribution in [0.5, 0.6) is 0 Å². The van der Waals surface area contributed by atoms with Crippen molar-refractivity contribution in [1.29, 1.82) is 10.5 Å². The van der Waals surface area contributed by atoms with Crippen LogP contribution < -0.4 is 0 Å². The molecule has 4 heteroatoms. The van der Waals surface area contributed by atoms with Gasteiger partial charge in [0.1, 0.15) is 6.10 Å². The highest BCUT2D eigenvalue weighted by molar-refractivity contribution is 4.92. The van der Waals surface area contributed by atoms with Crippen molar-refractivity contribution in [1.82, 2.24) is 0 Å². The molecule has 0 aromatic heterocycles. The maximum Gasteiger partial charge on any atom is 0.167 e. The molecule has 0 saturated heterocycles. The lowest BCUT2D eigenvalue weighted by molar-refractivity contribution is 0.0567. The molecular weight excluding hydrogens is 120 g/mol. The normalized spacial score (nSPS) is 15.1. The quantitative estimate of drug-likeness (QED) is 0.471. The summed E-state index contributed by atoms with van der Waals surface area (Å²) in [6.45, 7) is 0. The van der Waals surface area contributed by atoms with Gasteiger partial charge in [-0.15, -0.1) is 0 Å². The van der Waals surface area contributed by atoms with Gasteiger partial charge in [0, 0.05) is 0 Å². The van der Waals surface area contributed by atoms with E-state index in [1.807, 2.05) is 0 Å². The first-order chi connectivity index (χ1) is 4.22. The Morgan fingerprint density at radius 3 is 2.22 bits per heavy atom. The van der Waals surface area contributed by atoms with Gasteiger partial charge in [0.25, 0.3) is 0 Å². The fourth-order valence-electron chi connectivity index (χ4n) is 0.291. The number of hydrogen-bond donors (Lipinski definition) is 2. The molecule has 0 aromatic rings. The molecule has 0 spiro atoms. The van der Waals surface area contributed by atoms with Gasteiger partial charge in [0.05, 0.1) is 18.6 Å². The zero-order chi connectivity index (χ0) is 7.28. The van der Waals surface area contributed by atoms with Crippen LogP contribution in [-0.4, -0.2) is 22.4 Å². The summed E-state index contributed by atoms with van der Waals surface area (Å²) in [6.07, 6.45) is -2.89. The third-order valence-corrected chi connectivity index (χ3v) is 0.797. The first-order valence-electron chi connectivity index (χ1n) is 2.35. The fourth-order valence-corrected chi connectivity index (χ4v) is 0.291. The van der Waals surface area contributed by atoms with Crippen molar-refractivity contribution in [3.63, 3.8) is 0 Å². The second-order valence-electron chi connectivity index (χ2n) is 1.50. The molecule has 0 aromatic carbocycles. The summed E-state index contributed by atoms with van der Waals surface area (Å²) >= 11 is 0. The summed E-state index contributed by atoms with van der Waals surface area (Å²) in [5.41, 5.74) is 0. The molecule has 0 amide bonds. The molecule has 2 N–H and O–H groups in total. The number of aliphatic hydroxyl groups excluding tert-OH is 2. The van der Waals surface area contributed by atoms with Crippen LogP contribution >= 0.6 is 0 Å². The van der Waals surface area contributed by atoms with E-state index in [0.717, 1.165) is 0 Å². The Kier molecular flexibility index (Phi) is 3.38. The van der Waals surface area contributed by atoms with Gasteiger partial charge in [-0.05, 0) is 0 Å². The minimum Gasteiger partial charge on any atom is -0.388 e. The lowest BCUT2D eigenvalue weighted by atomic mass is 10.2. The first kappa shape index (κ1) is 7.90. The van der Waals surface area contributed by atoms with Crippen LogP contribution in [0.1, 0.15) is 6.42 Å². The molecule has 2 atom stereocenters. The molecule has 0 bridgehead atoms. The molecule has 0 aliphatic rings. The van der Waals surface area contributed by atoms with E-state index in [1.54, 1.807) is 6.07 Å². The topological polar surface area (TPSA) is 88.0 Å². The van der Waals surface area contributed by atoms with Gasteiger partial charge in [0.15, 0.2) is 6.10 Å². The van der Waals surface area contributed by atoms with Gasteiger partial charge in [-0.2, -0.15) is 10.5 Å². The average molecular weight is 126 g/mol. The molecular formula is C5H6N2O2. The van der Waals surface area contributed by atoms with E-state index in [4.69, 9.17) is 20.7 Å². The molecule has 0 heterocycles. The summed E-state index contributed by atoms with van der Waals surface area (Å²) in [7, 11) is 0. The van der Waals surface area contributed by atoms with Crippen molar-refractivity contribution in [3.8, 4) is 12.1 Å². The Morgan fingerprint density at radius 2 is 1.89 bits per heavy atom. The van der Waals surface area contributed by atoms with Crippen molar-refractivity contribution < 1.29 is 10.2 Å². The molecule has 48 valence electrons. The van der Waals surface area contributed by atoms with E-state index in [0.29, 0.717) is 0 Å². The van der Waals surface area contributed by atoms with Crippen LogP contribution in [-0.2, 0) is 0 Å². The summed E-state index contributed by atoms with van der Waals surface area (Å²) < 4.78 is 0. The third-order valence-electron chi connectivity index (χ3n) is 0.797. The van der Waals surface area contributed by atoms with Crippen LogP contribution in [0.2, 0.25) is 0 Å². The van der Waals surface area contributed by atoms with Gasteiger partial charge < -0.3 is 10.2 Å². The van der Waals surface area contributed by atoms with Crippen molar-refractivity contribution >= 4 is 0 Å². The van der Waals surface area contributed by atoms with Gasteiger partial charge in [0.2, 0.25) is 0 Å². The molecule has 0 saturated carbocycles. The summed E-state index contributed by atoms with van der Waals surface area (Å²) in [5.74, 6) is 0. The lowest BCUT2D eigenvalue weighted by Crippen LogP contribution is -2.23. The smallest absolute Gasteiger partial charge is 0.167 e. The molecule has 0 radical (unpaired) electrons. The van der Waals surface area contributed by atoms with E-state index < -0.39 is 12.2 Å². The summed E-state index contributed by atoms with van der Waals surface area (Å²) in [5, 5.41) is 33.0. The van der Waals surface area contributed by atoms with Gasteiger partial charge in [-0.3, -0.25) is 0 Å². The highest BCUT2D eigenvalue weighted by Gasteiger charge is 2.13. The number of hydrogen-bond acceptors (Lipinski definition) is 4. The SMILES string of the molecule is N#CCC(O)C(O)C#N. The Morgan fingerprint density at radius 1 is 1.33 bits per heavy atom. The molecule has 2 unspecified atom stereocenters. The minimum absolute atomic E-state index is 0.214. The number of nitriles is 2. The molecule has 0 aliphatic carbocycles. The maximum atomic E-state index is 8.62. The molecule has 9 heavy (non-hydrogen) atoms. The Hall–Kier alpha value is -1.10. The van der Waals surface area contributed by atoms with Crippen LogP contribution in [0.4, 0.5) is 0 Å². The molecule has 0 fully saturated rings. The van der Waals surface area contributed by atoms with Crippen LogP contribution in [0.15, 0.2) is 0 Å². The summed E-state index contributed by atoms with van der Waals surface area (Å²) in [4.78, 5) is 0. The van der Waals surface area contributed by atoms with Crippen LogP contribution in [0.25, 0.3) is 0 Å². The minimum atomic E-state index is -1.44. The first-order valence-corrected chi connectivity index (χ1v) is 2.35. The number of nitrogens with zero attached hydrogens (tertiary/aromatic N) is 2. The van der Waals surface area contributed by atoms with Crippen LogP contribution in [0.3, 0.4) is 0 Å². The van der Waals surface area contributed by atoms with E-state index in [2.05, 4.69) is 0 Å². The van der Waals surface area contributed by atoms with Gasteiger partial charge in [-0.1, -0.05) is 0 Å². The number of aliphatic hydroxyl groups is 2. The highest BCUT2D eigenvalue weighted by Crippen LogP contribution is 1.94. The molecule has 4 nitrogen and oxygen atoms in total. The third kappa shape index (κ3) is 2.65. The lowest BCUT2D eigenvalue weighted by Gasteiger charge is -2.04. The maximum absolute atomic E-state index is 8.62. The second kappa shape index (κ2) is 3.85. The Labute approximate surface area is 52.6 Å². The van der Waals surface area contributed by atoms with E-state index >= 15 is 0 Å². The zero-order valence-electron chi connectivity index (χ0n) is 4.65. The van der Waals surface area contributed by atoms with E-state index in [-0.39, 0.29) is 6.42 Å². The average Bonchev–Trinajstić information content (AvgIpc) is 1.87. The van der Waals surface area contributed by atoms with E-state index in [9.17, 15) is 0 Å². The van der Waals surface area contributed by atoms with Crippen molar-refractivity contribution in [2.24, 2.45) is 0 Å². The standard InChI is InChI=1S/C5H6N2O2/c6-2-1-4(8)5(9)3-7/h4-5,8-9H,1H2. The van der Waals surface area contributed by atoms with Crippen molar-refractivity contribution in [3.05, 3.63) is 0 Å². The Bertz CT molecular complexity index is 155. The molecule has 0 aliphatic heterocycles. The van der Waals surface area contributed by atoms with Crippen molar-refractivity contribution in [2.45, 2.75) is 18.6 Å². The summed E-state index contributed by atoms with van der Waals surface area (Å²) in [6, 6.07) is 3.03. The fraction of sp³-hybridized carbons (Fsp3) is 0.600. The van der Waals surface area contributed by atoms with Gasteiger partial charge in [-0.25, -0.2) is 0 Å². The van der Waals surface area contributed by atoms with Gasteiger partial charge >= 0.3 is 0 Å². The predicted molar refractivity (Wildman–Crippen MR) is 27.9 cm³/mol. The molecule has 0 rings (SSSR count). The predicted octanol–water partition coefficient (Wildman–Crippen LogP) is -0.855. The highest BCUT2D eigenvalue weighted by atomic mass is 16.3. The zero-order valence-corrected chi connectivity index (χ0v) is 4.65. The monoisotopic (exact) mass is 126 g/mol. The van der Waals surface area contributed by atoms with Crippen molar-refractivity contribution in [2.75, 3.05) is 0 Å². The van der Waals surface area contributed by atoms with E-state index in [1.165, 1.54) is 6.07 Å². The second-order valence-corrected chi connectivity index (χ2v) is 1.50. The Balaban J connectivity index is 3.65.